The van der Waals surface area contributed by atoms with E-state index >= 15 is 0 Å². The highest BCUT2D eigenvalue weighted by Gasteiger charge is 2.13. The topological polar surface area (TPSA) is 74.6 Å². The molecular weight excluding hydrogens is 361 g/mol. The average molecular weight is 381 g/mol. The maximum atomic E-state index is 13.3. The molecule has 0 radical (unpaired) electrons. The first kappa shape index (κ1) is 19.2. The van der Waals surface area contributed by atoms with Crippen LogP contribution in [0.1, 0.15) is 23.0 Å². The number of nitrogens with one attached hydrogen (secondary N) is 2. The fraction of sp³-hybridized carbons (Fsp3) is 0.143. The maximum Gasteiger partial charge on any atom is 0.322 e. The van der Waals surface area contributed by atoms with Crippen molar-refractivity contribution in [1.82, 2.24) is 4.90 Å². The summed E-state index contributed by atoms with van der Waals surface area (Å²) in [7, 11) is 0. The Morgan fingerprint density at radius 2 is 1.71 bits per heavy atom. The van der Waals surface area contributed by atoms with Gasteiger partial charge in [0.25, 0.3) is 5.91 Å². The number of amides is 3. The molecule has 0 saturated heterocycles. The number of rotatable bonds is 6. The van der Waals surface area contributed by atoms with Crippen molar-refractivity contribution in [2.75, 3.05) is 17.2 Å². The standard InChI is InChI=1S/C21H20FN3O3/c1-2-25(14-15-5-3-6-16(22)13-15)21(27)24-18-10-8-17(9-11-18)23-20(26)19-7-4-12-28-19/h3-13H,2,14H2,1H3,(H,23,26)(H,24,27). The number of hydrogen-bond donors (Lipinski definition) is 2. The van der Waals surface area contributed by atoms with E-state index in [1.54, 1.807) is 53.4 Å². The zero-order chi connectivity index (χ0) is 19.9. The van der Waals surface area contributed by atoms with Crippen LogP contribution in [0.4, 0.5) is 20.6 Å². The smallest absolute Gasteiger partial charge is 0.322 e. The van der Waals surface area contributed by atoms with Crippen molar-refractivity contribution >= 4 is 23.3 Å². The van der Waals surface area contributed by atoms with Crippen LogP contribution in [0.25, 0.3) is 0 Å². The maximum absolute atomic E-state index is 13.3. The van der Waals surface area contributed by atoms with Crippen molar-refractivity contribution in [3.8, 4) is 0 Å². The molecule has 3 aromatic rings. The number of anilines is 2. The van der Waals surface area contributed by atoms with Crippen LogP contribution in [0, 0.1) is 5.82 Å². The van der Waals surface area contributed by atoms with Crippen molar-refractivity contribution in [1.29, 1.82) is 0 Å². The fourth-order valence-electron chi connectivity index (χ4n) is 2.62. The molecule has 28 heavy (non-hydrogen) atoms. The Morgan fingerprint density at radius 1 is 1.00 bits per heavy atom. The number of furan rings is 1. The second kappa shape index (κ2) is 8.85. The highest BCUT2D eigenvalue weighted by atomic mass is 19.1. The molecule has 0 saturated carbocycles. The highest BCUT2D eigenvalue weighted by Crippen LogP contribution is 2.16. The summed E-state index contributed by atoms with van der Waals surface area (Å²) < 4.78 is 18.4. The molecule has 3 amide bonds. The minimum Gasteiger partial charge on any atom is -0.459 e. The lowest BCUT2D eigenvalue weighted by atomic mass is 10.2. The third-order valence-electron chi connectivity index (χ3n) is 4.07. The lowest BCUT2D eigenvalue weighted by molar-refractivity contribution is 0.0996. The van der Waals surface area contributed by atoms with Gasteiger partial charge in [0.1, 0.15) is 5.82 Å². The van der Waals surface area contributed by atoms with Gasteiger partial charge in [0.2, 0.25) is 0 Å². The number of carbonyl (C=O) groups excluding carboxylic acids is 2. The Labute approximate surface area is 162 Å². The van der Waals surface area contributed by atoms with Gasteiger partial charge in [-0.3, -0.25) is 4.79 Å². The number of carbonyl (C=O) groups is 2. The predicted octanol–water partition coefficient (Wildman–Crippen LogP) is 4.73. The van der Waals surface area contributed by atoms with Crippen molar-refractivity contribution < 1.29 is 18.4 Å². The van der Waals surface area contributed by atoms with E-state index in [0.717, 1.165) is 0 Å². The minimum absolute atomic E-state index is 0.216. The molecule has 2 N–H and O–H groups in total. The molecule has 0 bridgehead atoms. The van der Waals surface area contributed by atoms with Gasteiger partial charge in [-0.1, -0.05) is 12.1 Å². The van der Waals surface area contributed by atoms with Crippen molar-refractivity contribution in [2.24, 2.45) is 0 Å². The summed E-state index contributed by atoms with van der Waals surface area (Å²) in [5.74, 6) is -0.469. The first-order chi connectivity index (χ1) is 13.5. The summed E-state index contributed by atoms with van der Waals surface area (Å²) in [5.41, 5.74) is 1.87. The zero-order valence-electron chi connectivity index (χ0n) is 15.3. The van der Waals surface area contributed by atoms with Crippen LogP contribution in [0.5, 0.6) is 0 Å². The normalized spacial score (nSPS) is 10.4. The van der Waals surface area contributed by atoms with E-state index in [-0.39, 0.29) is 23.5 Å². The summed E-state index contributed by atoms with van der Waals surface area (Å²) in [4.78, 5) is 26.0. The summed E-state index contributed by atoms with van der Waals surface area (Å²) in [5, 5.41) is 5.50. The van der Waals surface area contributed by atoms with Gasteiger partial charge in [-0.15, -0.1) is 0 Å². The van der Waals surface area contributed by atoms with Gasteiger partial charge in [-0.2, -0.15) is 0 Å². The molecule has 0 aliphatic carbocycles. The Morgan fingerprint density at radius 3 is 2.32 bits per heavy atom. The predicted molar refractivity (Wildman–Crippen MR) is 105 cm³/mol. The second-order valence-corrected chi connectivity index (χ2v) is 6.08. The van der Waals surface area contributed by atoms with Crippen LogP contribution >= 0.6 is 0 Å². The summed E-state index contributed by atoms with van der Waals surface area (Å²) >= 11 is 0. The Bertz CT molecular complexity index is 940. The number of nitrogens with zero attached hydrogens (tertiary/aromatic N) is 1. The minimum atomic E-state index is -0.353. The van der Waals surface area contributed by atoms with Crippen molar-refractivity contribution in [3.63, 3.8) is 0 Å². The summed E-state index contributed by atoms with van der Waals surface area (Å²) in [6, 6.07) is 15.8. The van der Waals surface area contributed by atoms with Gasteiger partial charge in [0.15, 0.2) is 5.76 Å². The third-order valence-corrected chi connectivity index (χ3v) is 4.07. The molecule has 3 rings (SSSR count). The molecule has 0 atom stereocenters. The van der Waals surface area contributed by atoms with Crippen LogP contribution in [-0.4, -0.2) is 23.4 Å². The number of hydrogen-bond acceptors (Lipinski definition) is 3. The zero-order valence-corrected chi connectivity index (χ0v) is 15.3. The largest absolute Gasteiger partial charge is 0.459 e. The van der Waals surface area contributed by atoms with Gasteiger partial charge < -0.3 is 20.0 Å². The van der Waals surface area contributed by atoms with E-state index < -0.39 is 0 Å². The van der Waals surface area contributed by atoms with E-state index in [1.807, 2.05) is 6.92 Å². The van der Waals surface area contributed by atoms with Crippen LogP contribution in [0.3, 0.4) is 0 Å². The average Bonchev–Trinajstić information content (AvgIpc) is 3.22. The quantitative estimate of drug-likeness (QED) is 0.648. The second-order valence-electron chi connectivity index (χ2n) is 6.08. The summed E-state index contributed by atoms with van der Waals surface area (Å²) in [6.45, 7) is 2.63. The van der Waals surface area contributed by atoms with Crippen LogP contribution in [0.2, 0.25) is 0 Å². The highest BCUT2D eigenvalue weighted by molar-refractivity contribution is 6.02. The monoisotopic (exact) mass is 381 g/mol. The molecule has 1 heterocycles. The molecular formula is C21H20FN3O3. The lowest BCUT2D eigenvalue weighted by Crippen LogP contribution is -2.34. The van der Waals surface area contributed by atoms with Crippen LogP contribution in [0.15, 0.2) is 71.3 Å². The number of urea groups is 1. The van der Waals surface area contributed by atoms with E-state index in [4.69, 9.17) is 4.42 Å². The van der Waals surface area contributed by atoms with Crippen molar-refractivity contribution in [3.05, 3.63) is 84.1 Å². The molecule has 1 aromatic heterocycles. The van der Waals surface area contributed by atoms with E-state index in [1.165, 1.54) is 18.4 Å². The van der Waals surface area contributed by atoms with Gasteiger partial charge >= 0.3 is 6.03 Å². The summed E-state index contributed by atoms with van der Waals surface area (Å²) in [6.07, 6.45) is 1.43. The third kappa shape index (κ3) is 4.97. The number of halogens is 1. The molecule has 0 spiro atoms. The molecule has 0 aliphatic heterocycles. The first-order valence-corrected chi connectivity index (χ1v) is 8.80. The van der Waals surface area contributed by atoms with Crippen LogP contribution < -0.4 is 10.6 Å². The molecule has 0 aliphatic rings. The molecule has 0 unspecified atom stereocenters. The van der Waals surface area contributed by atoms with E-state index in [2.05, 4.69) is 10.6 Å². The molecule has 0 fully saturated rings. The van der Waals surface area contributed by atoms with E-state index in [0.29, 0.717) is 30.0 Å². The molecule has 2 aromatic carbocycles. The Balaban J connectivity index is 1.59. The molecule has 7 heteroatoms. The van der Waals surface area contributed by atoms with Gasteiger partial charge in [0.05, 0.1) is 6.26 Å². The fourth-order valence-corrected chi connectivity index (χ4v) is 2.62. The van der Waals surface area contributed by atoms with Gasteiger partial charge in [-0.25, -0.2) is 9.18 Å². The molecule has 144 valence electrons. The van der Waals surface area contributed by atoms with Gasteiger partial charge in [-0.05, 0) is 61.0 Å². The van der Waals surface area contributed by atoms with Crippen molar-refractivity contribution in [2.45, 2.75) is 13.5 Å². The SMILES string of the molecule is CCN(Cc1cccc(F)c1)C(=O)Nc1ccc(NC(=O)c2ccco2)cc1. The van der Waals surface area contributed by atoms with Crippen LogP contribution in [-0.2, 0) is 6.54 Å². The van der Waals surface area contributed by atoms with Gasteiger partial charge in [0, 0.05) is 24.5 Å². The molecule has 6 nitrogen and oxygen atoms in total. The number of benzene rings is 2. The Kier molecular flexibility index (Phi) is 6.06. The Hall–Kier alpha value is -3.61. The lowest BCUT2D eigenvalue weighted by Gasteiger charge is -2.21. The van der Waals surface area contributed by atoms with E-state index in [9.17, 15) is 14.0 Å². The first-order valence-electron chi connectivity index (χ1n) is 8.80.